The molecule has 2 heterocycles. The minimum Gasteiger partial charge on any atom is -0.478 e. The molecule has 0 aliphatic carbocycles. The first-order valence-electron chi connectivity index (χ1n) is 14.4. The number of primary amides is 1. The number of aliphatic carboxylic acids is 2. The molecule has 6 N–H and O–H groups in total. The number of likely N-dealkylation sites (tertiary alicyclic amines) is 1. The summed E-state index contributed by atoms with van der Waals surface area (Å²) in [5.74, 6) is -5.85. The summed E-state index contributed by atoms with van der Waals surface area (Å²) in [6.45, 7) is 5.64. The maximum Gasteiger partial charge on any atom is 0.363 e. The molecule has 2 aromatic rings. The number of carbonyl (C=O) groups is 6. The van der Waals surface area contributed by atoms with Crippen molar-refractivity contribution in [2.24, 2.45) is 11.1 Å². The summed E-state index contributed by atoms with van der Waals surface area (Å²) in [6, 6.07) is 8.46. The predicted octanol–water partition coefficient (Wildman–Crippen LogP) is 1.32. The van der Waals surface area contributed by atoms with Crippen LogP contribution < -0.4 is 20.7 Å². The molecule has 2 aliphatic heterocycles. The number of fused-ring (bicyclic) bond motifs is 1. The Morgan fingerprint density at radius 2 is 1.70 bits per heavy atom. The van der Waals surface area contributed by atoms with Gasteiger partial charge in [-0.2, -0.15) is 0 Å². The van der Waals surface area contributed by atoms with Gasteiger partial charge in [0.05, 0.1) is 0 Å². The van der Waals surface area contributed by atoms with Gasteiger partial charge in [-0.25, -0.2) is 9.59 Å². The van der Waals surface area contributed by atoms with Crippen molar-refractivity contribution >= 4 is 47.3 Å². The lowest BCUT2D eigenvalue weighted by Crippen LogP contribution is -2.57. The van der Waals surface area contributed by atoms with Crippen LogP contribution in [-0.4, -0.2) is 87.1 Å². The number of ether oxygens (including phenoxy) is 1. The number of hydrogen-bond donors (Lipinski definition) is 5. The first-order valence-corrected chi connectivity index (χ1v) is 14.4. The molecule has 1 unspecified atom stereocenters. The lowest BCUT2D eigenvalue weighted by Gasteiger charge is -2.36. The molecule has 3 atom stereocenters. The third-order valence-electron chi connectivity index (χ3n) is 8.14. The number of hydrogen-bond acceptors (Lipinski definition) is 8. The van der Waals surface area contributed by atoms with Gasteiger partial charge in [-0.1, -0.05) is 26.8 Å². The van der Waals surface area contributed by atoms with E-state index in [1.807, 2.05) is 0 Å². The van der Waals surface area contributed by atoms with Gasteiger partial charge >= 0.3 is 17.5 Å². The van der Waals surface area contributed by atoms with Crippen LogP contribution in [0.3, 0.4) is 0 Å². The van der Waals surface area contributed by atoms with E-state index in [0.29, 0.717) is 36.2 Å². The molecule has 0 radical (unpaired) electrons. The second-order valence-corrected chi connectivity index (χ2v) is 12.3. The standard InChI is InChI=1S/C32H36N4O10/c1-31(2,3)24(28(41)36-15-5-6-21(36)27(40)35(4)19-11-9-18(10-12-19)26(33)39)34-23(37)14-8-17-7-13-22-20(16-17)25(38)32(46-22,29(42)43)30(44)45/h7-14,16,21,24-25,38H,5-6,15H2,1-4H3,(H2,33,39)(H,34,37)(H,42,43)(H,44,45)/t21-,24+,25?/m0/s1. The fourth-order valence-corrected chi connectivity index (χ4v) is 5.50. The number of rotatable bonds is 9. The molecule has 2 aliphatic rings. The van der Waals surface area contributed by atoms with Gasteiger partial charge in [0.1, 0.15) is 23.9 Å². The van der Waals surface area contributed by atoms with Gasteiger partial charge in [0.25, 0.3) is 0 Å². The molecule has 14 nitrogen and oxygen atoms in total. The third kappa shape index (κ3) is 6.29. The van der Waals surface area contributed by atoms with Crippen molar-refractivity contribution in [3.8, 4) is 5.75 Å². The van der Waals surface area contributed by atoms with Crippen LogP contribution >= 0.6 is 0 Å². The van der Waals surface area contributed by atoms with E-state index in [9.17, 15) is 44.1 Å². The Morgan fingerprint density at radius 3 is 2.26 bits per heavy atom. The molecule has 1 saturated heterocycles. The highest BCUT2D eigenvalue weighted by Crippen LogP contribution is 2.44. The number of aliphatic hydroxyl groups is 1. The van der Waals surface area contributed by atoms with Crippen LogP contribution in [0.2, 0.25) is 0 Å². The van der Waals surface area contributed by atoms with Crippen LogP contribution in [0.25, 0.3) is 6.08 Å². The van der Waals surface area contributed by atoms with E-state index in [1.54, 1.807) is 40.0 Å². The molecule has 46 heavy (non-hydrogen) atoms. The number of nitrogens with one attached hydrogen (secondary N) is 1. The molecular weight excluding hydrogens is 600 g/mol. The Kier molecular flexibility index (Phi) is 9.24. The molecule has 0 bridgehead atoms. The quantitative estimate of drug-likeness (QED) is 0.196. The first kappa shape index (κ1) is 33.6. The zero-order chi connectivity index (χ0) is 34.1. The molecule has 0 aromatic heterocycles. The number of aliphatic hydroxyl groups excluding tert-OH is 1. The number of carboxylic acid groups (broad SMARTS) is 2. The Hall–Kier alpha value is -5.24. The minimum atomic E-state index is -2.90. The van der Waals surface area contributed by atoms with E-state index in [4.69, 9.17) is 10.5 Å². The van der Waals surface area contributed by atoms with Gasteiger partial charge in [-0.05, 0) is 66.3 Å². The van der Waals surface area contributed by atoms with Crippen LogP contribution in [0.4, 0.5) is 5.69 Å². The summed E-state index contributed by atoms with van der Waals surface area (Å²) in [6.07, 6.45) is 1.51. The number of nitrogens with two attached hydrogens (primary N) is 1. The second-order valence-electron chi connectivity index (χ2n) is 12.3. The lowest BCUT2D eigenvalue weighted by molar-refractivity contribution is -0.180. The molecular formula is C32H36N4O10. The number of amides is 4. The van der Waals surface area contributed by atoms with Gasteiger partial charge in [0, 0.05) is 36.5 Å². The van der Waals surface area contributed by atoms with Crippen LogP contribution in [0, 0.1) is 5.41 Å². The molecule has 244 valence electrons. The van der Waals surface area contributed by atoms with Gasteiger partial charge in [0.2, 0.25) is 23.6 Å². The van der Waals surface area contributed by atoms with E-state index >= 15 is 0 Å². The van der Waals surface area contributed by atoms with E-state index in [-0.39, 0.29) is 17.2 Å². The normalized spacial score (nSPS) is 19.2. The highest BCUT2D eigenvalue weighted by atomic mass is 16.6. The molecule has 0 spiro atoms. The summed E-state index contributed by atoms with van der Waals surface area (Å²) in [7, 11) is 1.57. The number of likely N-dealkylation sites (N-methyl/N-ethyl adjacent to an activating group) is 1. The molecule has 4 amide bonds. The van der Waals surface area contributed by atoms with E-state index in [1.165, 1.54) is 46.2 Å². The van der Waals surface area contributed by atoms with Gasteiger partial charge in [0.15, 0.2) is 0 Å². The maximum absolute atomic E-state index is 13.9. The highest BCUT2D eigenvalue weighted by molar-refractivity contribution is 6.04. The molecule has 14 heteroatoms. The number of anilines is 1. The van der Waals surface area contributed by atoms with Crippen molar-refractivity contribution in [3.05, 3.63) is 65.2 Å². The molecule has 2 aromatic carbocycles. The zero-order valence-electron chi connectivity index (χ0n) is 25.7. The summed E-state index contributed by atoms with van der Waals surface area (Å²) < 4.78 is 5.12. The smallest absolute Gasteiger partial charge is 0.363 e. The maximum atomic E-state index is 13.9. The molecule has 4 rings (SSSR count). The largest absolute Gasteiger partial charge is 0.478 e. The molecule has 0 saturated carbocycles. The summed E-state index contributed by atoms with van der Waals surface area (Å²) in [5.41, 5.74) is 2.72. The Balaban J connectivity index is 1.48. The van der Waals surface area contributed by atoms with E-state index in [0.717, 1.165) is 6.08 Å². The fourth-order valence-electron chi connectivity index (χ4n) is 5.50. The van der Waals surface area contributed by atoms with Gasteiger partial charge < -0.3 is 40.9 Å². The number of benzene rings is 2. The summed E-state index contributed by atoms with van der Waals surface area (Å²) >= 11 is 0. The lowest BCUT2D eigenvalue weighted by atomic mass is 9.85. The first-order chi connectivity index (χ1) is 21.5. The van der Waals surface area contributed by atoms with Crippen molar-refractivity contribution in [1.29, 1.82) is 0 Å². The minimum absolute atomic E-state index is 0.0753. The fraction of sp³-hybridized carbons (Fsp3) is 0.375. The van der Waals surface area contributed by atoms with Gasteiger partial charge in [-0.3, -0.25) is 19.2 Å². The number of carbonyl (C=O) groups excluding carboxylic acids is 4. The third-order valence-corrected chi connectivity index (χ3v) is 8.14. The van der Waals surface area contributed by atoms with Crippen molar-refractivity contribution in [2.45, 2.75) is 57.4 Å². The van der Waals surface area contributed by atoms with E-state index in [2.05, 4.69) is 5.32 Å². The Morgan fingerprint density at radius 1 is 1.07 bits per heavy atom. The van der Waals surface area contributed by atoms with Crippen LogP contribution in [0.1, 0.15) is 61.2 Å². The van der Waals surface area contributed by atoms with Crippen molar-refractivity contribution in [3.63, 3.8) is 0 Å². The summed E-state index contributed by atoms with van der Waals surface area (Å²) in [5, 5.41) is 32.1. The van der Waals surface area contributed by atoms with Crippen LogP contribution in [0.5, 0.6) is 5.75 Å². The monoisotopic (exact) mass is 636 g/mol. The highest BCUT2D eigenvalue weighted by Gasteiger charge is 2.61. The van der Waals surface area contributed by atoms with Crippen LogP contribution in [-0.2, 0) is 24.0 Å². The van der Waals surface area contributed by atoms with Crippen molar-refractivity contribution < 1.29 is 48.8 Å². The van der Waals surface area contributed by atoms with Gasteiger partial charge in [-0.15, -0.1) is 0 Å². The number of carboxylic acids is 2. The van der Waals surface area contributed by atoms with Crippen LogP contribution in [0.15, 0.2) is 48.5 Å². The van der Waals surface area contributed by atoms with E-state index < -0.39 is 58.9 Å². The zero-order valence-corrected chi connectivity index (χ0v) is 25.7. The molecule has 1 fully saturated rings. The topological polar surface area (TPSA) is 217 Å². The SMILES string of the molecule is CN(C(=O)[C@@H]1CCCN1C(=O)[C@@H](NC(=O)C=Cc1ccc2c(c1)C(O)C(C(=O)O)(C(=O)O)O2)C(C)(C)C)c1ccc(C(N)=O)cc1. The average Bonchev–Trinajstić information content (AvgIpc) is 3.60. The van der Waals surface area contributed by atoms with Crippen molar-refractivity contribution in [1.82, 2.24) is 10.2 Å². The van der Waals surface area contributed by atoms with Crippen molar-refractivity contribution in [2.75, 3.05) is 18.5 Å². The number of nitrogens with zero attached hydrogens (tertiary/aromatic N) is 2. The summed E-state index contributed by atoms with van der Waals surface area (Å²) in [4.78, 5) is 78.0. The average molecular weight is 637 g/mol. The second kappa shape index (κ2) is 12.6. The predicted molar refractivity (Wildman–Crippen MR) is 164 cm³/mol. The Bertz CT molecular complexity index is 1600. The Labute approximate surface area is 264 Å².